The van der Waals surface area contributed by atoms with Crippen LogP contribution in [0.1, 0.15) is 31.7 Å². The molecule has 0 aliphatic rings. The molecule has 0 atom stereocenters. The summed E-state index contributed by atoms with van der Waals surface area (Å²) in [6.45, 7) is 3.05. The number of nitrogens with zero attached hydrogens (tertiary/aromatic N) is 4. The average Bonchev–Trinajstić information content (AvgIpc) is 3.06. The Kier molecular flexibility index (Phi) is 5.02. The highest BCUT2D eigenvalue weighted by molar-refractivity contribution is 5.70. The Bertz CT molecular complexity index is 970. The summed E-state index contributed by atoms with van der Waals surface area (Å²) in [6.07, 6.45) is 5.06. The van der Waals surface area contributed by atoms with Gasteiger partial charge in [0.1, 0.15) is 0 Å². The molecule has 2 aromatic heterocycles. The summed E-state index contributed by atoms with van der Waals surface area (Å²) >= 11 is 0. The highest BCUT2D eigenvalue weighted by atomic mass is 16.5. The summed E-state index contributed by atoms with van der Waals surface area (Å²) in [5.74, 6) is 0. The second-order valence-corrected chi connectivity index (χ2v) is 6.10. The van der Waals surface area contributed by atoms with Gasteiger partial charge in [-0.3, -0.25) is 9.36 Å². The fourth-order valence-electron chi connectivity index (χ4n) is 2.97. The van der Waals surface area contributed by atoms with Crippen molar-refractivity contribution >= 4 is 11.2 Å². The van der Waals surface area contributed by atoms with Gasteiger partial charge in [0.2, 0.25) is 0 Å². The molecule has 25 heavy (non-hydrogen) atoms. The number of rotatable bonds is 7. The number of benzene rings is 1. The van der Waals surface area contributed by atoms with Crippen LogP contribution in [0.5, 0.6) is 0 Å². The van der Waals surface area contributed by atoms with Crippen LogP contribution in [0.2, 0.25) is 0 Å². The average molecular weight is 342 g/mol. The van der Waals surface area contributed by atoms with Crippen LogP contribution in [-0.4, -0.2) is 24.1 Å². The minimum absolute atomic E-state index is 0.189. The van der Waals surface area contributed by atoms with Gasteiger partial charge < -0.3 is 9.77 Å². The van der Waals surface area contributed by atoms with Crippen LogP contribution in [-0.2, 0) is 19.5 Å². The quantitative estimate of drug-likeness (QED) is 0.526. The van der Waals surface area contributed by atoms with E-state index in [4.69, 9.17) is 0 Å². The van der Waals surface area contributed by atoms with Crippen molar-refractivity contribution in [3.8, 4) is 0 Å². The largest absolute Gasteiger partial charge is 0.421 e. The minimum Gasteiger partial charge on any atom is -0.421 e. The Labute approximate surface area is 144 Å². The molecule has 3 rings (SSSR count). The van der Waals surface area contributed by atoms with Crippen molar-refractivity contribution in [1.29, 1.82) is 0 Å². The normalized spacial score (nSPS) is 11.2. The first-order valence-corrected chi connectivity index (χ1v) is 8.57. The molecule has 0 unspecified atom stereocenters. The SMILES string of the molecule is CCCCCn1c(=O)n(O)c(=O)c2c1ncn2CCc1ccccc1. The van der Waals surface area contributed by atoms with Crippen LogP contribution in [0.3, 0.4) is 0 Å². The number of aromatic nitrogens is 4. The number of aryl methyl sites for hydroxylation is 3. The summed E-state index contributed by atoms with van der Waals surface area (Å²) in [5.41, 5.74) is 0.281. The first-order chi connectivity index (χ1) is 12.1. The van der Waals surface area contributed by atoms with E-state index in [1.165, 1.54) is 4.57 Å². The molecule has 2 heterocycles. The Morgan fingerprint density at radius 3 is 2.56 bits per heavy atom. The molecule has 0 aliphatic carbocycles. The molecule has 0 aliphatic heterocycles. The van der Waals surface area contributed by atoms with E-state index >= 15 is 0 Å². The van der Waals surface area contributed by atoms with Gasteiger partial charge >= 0.3 is 11.2 Å². The number of fused-ring (bicyclic) bond motifs is 1. The summed E-state index contributed by atoms with van der Waals surface area (Å²) in [5, 5.41) is 9.90. The van der Waals surface area contributed by atoms with Gasteiger partial charge in [-0.15, -0.1) is 0 Å². The van der Waals surface area contributed by atoms with Crippen molar-refractivity contribution in [2.75, 3.05) is 0 Å². The zero-order valence-electron chi connectivity index (χ0n) is 14.3. The van der Waals surface area contributed by atoms with Gasteiger partial charge in [0, 0.05) is 13.1 Å². The lowest BCUT2D eigenvalue weighted by atomic mass is 10.1. The lowest BCUT2D eigenvalue weighted by molar-refractivity contribution is 0.156. The van der Waals surface area contributed by atoms with Crippen LogP contribution in [0.4, 0.5) is 0 Å². The summed E-state index contributed by atoms with van der Waals surface area (Å²) in [7, 11) is 0. The van der Waals surface area contributed by atoms with Crippen LogP contribution in [0.25, 0.3) is 11.2 Å². The maximum absolute atomic E-state index is 12.4. The fourth-order valence-corrected chi connectivity index (χ4v) is 2.97. The molecule has 0 amide bonds. The first kappa shape index (κ1) is 17.0. The molecule has 0 fully saturated rings. The number of hydrogen-bond donors (Lipinski definition) is 1. The summed E-state index contributed by atoms with van der Waals surface area (Å²) < 4.78 is 3.27. The first-order valence-electron chi connectivity index (χ1n) is 8.57. The fraction of sp³-hybridized carbons (Fsp3) is 0.389. The molecule has 1 aromatic carbocycles. The molecule has 3 aromatic rings. The Balaban J connectivity index is 1.98. The van der Waals surface area contributed by atoms with Crippen molar-refractivity contribution in [3.63, 3.8) is 0 Å². The van der Waals surface area contributed by atoms with E-state index in [0.717, 1.165) is 31.2 Å². The lowest BCUT2D eigenvalue weighted by Gasteiger charge is -2.09. The minimum atomic E-state index is -0.734. The van der Waals surface area contributed by atoms with Crippen LogP contribution >= 0.6 is 0 Å². The Hall–Kier alpha value is -2.83. The van der Waals surface area contributed by atoms with E-state index in [2.05, 4.69) is 11.9 Å². The van der Waals surface area contributed by atoms with Gasteiger partial charge in [0.15, 0.2) is 11.2 Å². The predicted octanol–water partition coefficient (Wildman–Crippen LogP) is 2.03. The second-order valence-electron chi connectivity index (χ2n) is 6.10. The van der Waals surface area contributed by atoms with Crippen molar-refractivity contribution in [3.05, 3.63) is 63.1 Å². The zero-order valence-corrected chi connectivity index (χ0v) is 14.3. The number of hydrogen-bond acceptors (Lipinski definition) is 4. The second kappa shape index (κ2) is 7.38. The topological polar surface area (TPSA) is 82.0 Å². The molecule has 0 saturated heterocycles. The van der Waals surface area contributed by atoms with E-state index in [9.17, 15) is 14.8 Å². The van der Waals surface area contributed by atoms with Crippen molar-refractivity contribution in [1.82, 2.24) is 18.8 Å². The van der Waals surface area contributed by atoms with Gasteiger partial charge in [0.25, 0.3) is 0 Å². The number of unbranched alkanes of at least 4 members (excludes halogenated alkanes) is 2. The van der Waals surface area contributed by atoms with E-state index in [-0.39, 0.29) is 10.2 Å². The van der Waals surface area contributed by atoms with Gasteiger partial charge in [-0.05, 0) is 18.4 Å². The van der Waals surface area contributed by atoms with Gasteiger partial charge in [-0.1, -0.05) is 54.8 Å². The highest BCUT2D eigenvalue weighted by Crippen LogP contribution is 2.10. The van der Waals surface area contributed by atoms with Crippen molar-refractivity contribution < 1.29 is 5.21 Å². The van der Waals surface area contributed by atoms with E-state index in [1.54, 1.807) is 10.9 Å². The smallest absolute Gasteiger partial charge is 0.366 e. The Morgan fingerprint density at radius 1 is 1.08 bits per heavy atom. The molecule has 1 N–H and O–H groups in total. The van der Waals surface area contributed by atoms with Crippen molar-refractivity contribution in [2.24, 2.45) is 0 Å². The molecular weight excluding hydrogens is 320 g/mol. The molecule has 0 bridgehead atoms. The monoisotopic (exact) mass is 342 g/mol. The van der Waals surface area contributed by atoms with E-state index in [1.807, 2.05) is 30.3 Å². The highest BCUT2D eigenvalue weighted by Gasteiger charge is 2.17. The molecule has 0 radical (unpaired) electrons. The Morgan fingerprint density at radius 2 is 1.84 bits per heavy atom. The van der Waals surface area contributed by atoms with Crippen LogP contribution in [0, 0.1) is 0 Å². The zero-order chi connectivity index (χ0) is 17.8. The molecule has 0 spiro atoms. The third kappa shape index (κ3) is 3.35. The van der Waals surface area contributed by atoms with Gasteiger partial charge in [0.05, 0.1) is 6.33 Å². The van der Waals surface area contributed by atoms with Crippen LogP contribution < -0.4 is 11.2 Å². The molecule has 132 valence electrons. The van der Waals surface area contributed by atoms with E-state index in [0.29, 0.717) is 18.7 Å². The molecular formula is C18H22N4O3. The lowest BCUT2D eigenvalue weighted by Crippen LogP contribution is -2.39. The van der Waals surface area contributed by atoms with Gasteiger partial charge in [-0.25, -0.2) is 9.78 Å². The molecule has 0 saturated carbocycles. The summed E-state index contributed by atoms with van der Waals surface area (Å²) in [6, 6.07) is 9.92. The van der Waals surface area contributed by atoms with Gasteiger partial charge in [-0.2, -0.15) is 0 Å². The van der Waals surface area contributed by atoms with Crippen LogP contribution in [0.15, 0.2) is 46.2 Å². The molecule has 7 nitrogen and oxygen atoms in total. The molecule has 7 heteroatoms. The predicted molar refractivity (Wildman–Crippen MR) is 95.1 cm³/mol. The standard InChI is InChI=1S/C18H22N4O3/c1-2-3-7-11-21-16-15(17(23)22(25)18(21)24)20(13-19-16)12-10-14-8-5-4-6-9-14/h4-6,8-9,13,25H,2-3,7,10-12H2,1H3. The van der Waals surface area contributed by atoms with E-state index < -0.39 is 11.2 Å². The third-order valence-electron chi connectivity index (χ3n) is 4.35. The third-order valence-corrected chi connectivity index (χ3v) is 4.35. The number of imidazole rings is 1. The van der Waals surface area contributed by atoms with Crippen molar-refractivity contribution in [2.45, 2.75) is 45.7 Å². The maximum atomic E-state index is 12.4. The maximum Gasteiger partial charge on any atom is 0.366 e. The summed E-state index contributed by atoms with van der Waals surface area (Å²) in [4.78, 5) is 28.9.